The fraction of sp³-hybridized carbons (Fsp3) is 0.360. The van der Waals surface area contributed by atoms with Crippen molar-refractivity contribution in [2.75, 3.05) is 34.4 Å². The molecule has 3 aromatic rings. The van der Waals surface area contributed by atoms with Crippen LogP contribution in [0, 0.1) is 0 Å². The Balaban J connectivity index is 1.70. The van der Waals surface area contributed by atoms with Gasteiger partial charge in [-0.15, -0.1) is 0 Å². The van der Waals surface area contributed by atoms with Gasteiger partial charge in [-0.25, -0.2) is 14.8 Å². The predicted octanol–water partition coefficient (Wildman–Crippen LogP) is 4.14. The Morgan fingerprint density at radius 2 is 1.74 bits per heavy atom. The number of carbonyl (C=O) groups is 1. The lowest BCUT2D eigenvalue weighted by molar-refractivity contribution is -0.0358. The molecule has 1 aliphatic heterocycles. The lowest BCUT2D eigenvalue weighted by Gasteiger charge is -2.31. The highest BCUT2D eigenvalue weighted by Crippen LogP contribution is 2.40. The highest BCUT2D eigenvalue weighted by atomic mass is 16.5. The molecule has 9 heteroatoms. The topological polar surface area (TPSA) is 109 Å². The lowest BCUT2D eigenvalue weighted by atomic mass is 9.97. The Labute approximate surface area is 198 Å². The molecule has 0 saturated carbocycles. The number of rotatable bonds is 6. The molecule has 2 aromatic carbocycles. The van der Waals surface area contributed by atoms with Gasteiger partial charge in [-0.3, -0.25) is 5.21 Å². The number of carbonyl (C=O) groups excluding carboxylic acids is 1. The minimum atomic E-state index is -0.415. The van der Waals surface area contributed by atoms with Gasteiger partial charge in [0.25, 0.3) is 0 Å². The second-order valence-electron chi connectivity index (χ2n) is 8.22. The summed E-state index contributed by atoms with van der Waals surface area (Å²) in [5, 5.41) is 19.4. The Morgan fingerprint density at radius 1 is 1.09 bits per heavy atom. The normalized spacial score (nSPS) is 14.2. The maximum absolute atomic E-state index is 12.1. The first-order valence-electron chi connectivity index (χ1n) is 11.1. The summed E-state index contributed by atoms with van der Waals surface area (Å²) in [6, 6.07) is 12.7. The van der Waals surface area contributed by atoms with Crippen molar-refractivity contribution in [1.29, 1.82) is 0 Å². The Kier molecular flexibility index (Phi) is 7.04. The van der Waals surface area contributed by atoms with Crippen LogP contribution in [0.3, 0.4) is 0 Å². The lowest BCUT2D eigenvalue weighted by Crippen LogP contribution is -2.43. The van der Waals surface area contributed by atoms with E-state index in [-0.39, 0.29) is 12.5 Å². The first kappa shape index (κ1) is 23.6. The molecule has 1 aromatic heterocycles. The number of aromatic nitrogens is 1. The molecule has 0 aliphatic carbocycles. The molecular formula is C25H29N3O6. The number of urea groups is 1. The zero-order chi connectivity index (χ0) is 24.2. The van der Waals surface area contributed by atoms with E-state index in [2.05, 4.69) is 0 Å². The average Bonchev–Trinajstić information content (AvgIpc) is 3.33. The van der Waals surface area contributed by atoms with E-state index >= 15 is 0 Å². The third-order valence-corrected chi connectivity index (χ3v) is 6.09. The van der Waals surface area contributed by atoms with E-state index in [1.807, 2.05) is 42.5 Å². The molecule has 0 spiro atoms. The molecule has 2 heterocycles. The molecule has 9 nitrogen and oxygen atoms in total. The molecule has 4 rings (SSSR count). The summed E-state index contributed by atoms with van der Waals surface area (Å²) in [6.45, 7) is 0.971. The summed E-state index contributed by atoms with van der Waals surface area (Å²) in [7, 11) is 4.50. The second-order valence-corrected chi connectivity index (χ2v) is 8.22. The van der Waals surface area contributed by atoms with Crippen LogP contribution < -0.4 is 9.47 Å². The second kappa shape index (κ2) is 10.1. The molecule has 1 aliphatic rings. The van der Waals surface area contributed by atoms with Crippen molar-refractivity contribution in [3.8, 4) is 34.1 Å². The van der Waals surface area contributed by atoms with E-state index in [0.29, 0.717) is 59.8 Å². The third-order valence-electron chi connectivity index (χ3n) is 6.09. The summed E-state index contributed by atoms with van der Waals surface area (Å²) < 4.78 is 17.2. The van der Waals surface area contributed by atoms with Crippen LogP contribution in [0.25, 0.3) is 22.6 Å². The van der Waals surface area contributed by atoms with Crippen molar-refractivity contribution >= 4 is 6.03 Å². The van der Waals surface area contributed by atoms with E-state index in [1.54, 1.807) is 19.1 Å². The summed E-state index contributed by atoms with van der Waals surface area (Å²) in [4.78, 5) is 18.5. The number of likely N-dealkylation sites (tertiary alicyclic amines) is 1. The molecule has 0 unspecified atom stereocenters. The van der Waals surface area contributed by atoms with Crippen LogP contribution >= 0.6 is 0 Å². The van der Waals surface area contributed by atoms with E-state index in [1.165, 1.54) is 7.05 Å². The van der Waals surface area contributed by atoms with Crippen molar-refractivity contribution in [3.63, 3.8) is 0 Å². The number of oxazole rings is 1. The number of hydroxylamine groups is 2. The Hall–Kier alpha value is -3.56. The number of methoxy groups -OCH3 is 2. The number of ether oxygens (including phenoxy) is 2. The van der Waals surface area contributed by atoms with E-state index < -0.39 is 6.03 Å². The molecule has 0 radical (unpaired) electrons. The van der Waals surface area contributed by atoms with Gasteiger partial charge in [0.2, 0.25) is 0 Å². The molecule has 1 saturated heterocycles. The Morgan fingerprint density at radius 3 is 2.32 bits per heavy atom. The van der Waals surface area contributed by atoms with Gasteiger partial charge in [-0.2, -0.15) is 0 Å². The van der Waals surface area contributed by atoms with Crippen LogP contribution in [-0.2, 0) is 6.61 Å². The van der Waals surface area contributed by atoms with Crippen LogP contribution in [0.4, 0.5) is 4.79 Å². The summed E-state index contributed by atoms with van der Waals surface area (Å²) >= 11 is 0. The highest BCUT2D eigenvalue weighted by molar-refractivity contribution is 5.78. The number of aliphatic hydroxyl groups excluding tert-OH is 1. The molecular weight excluding hydrogens is 438 g/mol. The summed E-state index contributed by atoms with van der Waals surface area (Å²) in [5.41, 5.74) is 3.17. The van der Waals surface area contributed by atoms with E-state index in [4.69, 9.17) is 18.9 Å². The number of amides is 2. The van der Waals surface area contributed by atoms with Crippen LogP contribution in [0.2, 0.25) is 0 Å². The van der Waals surface area contributed by atoms with Crippen LogP contribution in [-0.4, -0.2) is 65.6 Å². The predicted molar refractivity (Wildman–Crippen MR) is 125 cm³/mol. The van der Waals surface area contributed by atoms with Gasteiger partial charge >= 0.3 is 6.03 Å². The number of benzene rings is 2. The van der Waals surface area contributed by atoms with Crippen molar-refractivity contribution in [3.05, 3.63) is 53.9 Å². The molecule has 180 valence electrons. The van der Waals surface area contributed by atoms with Gasteiger partial charge < -0.3 is 23.9 Å². The Bertz CT molecular complexity index is 1130. The van der Waals surface area contributed by atoms with Crippen molar-refractivity contribution in [2.24, 2.45) is 0 Å². The largest absolute Gasteiger partial charge is 0.493 e. The zero-order valence-electron chi connectivity index (χ0n) is 19.5. The highest BCUT2D eigenvalue weighted by Gasteiger charge is 2.30. The molecule has 34 heavy (non-hydrogen) atoms. The molecule has 0 bridgehead atoms. The van der Waals surface area contributed by atoms with Crippen molar-refractivity contribution in [1.82, 2.24) is 14.9 Å². The van der Waals surface area contributed by atoms with Crippen LogP contribution in [0.15, 0.2) is 46.9 Å². The monoisotopic (exact) mass is 467 g/mol. The van der Waals surface area contributed by atoms with Gasteiger partial charge in [0.1, 0.15) is 5.69 Å². The standard InChI is InChI=1S/C25H29N3O6/c1-27(31)25(30)28-12-10-18(11-13-28)24-26-22(17-6-4-16(15-29)5-7-17)23(34-24)19-8-9-20(32-2)21(14-19)33-3/h4-9,14,18,29,31H,10-13,15H2,1-3H3. The van der Waals surface area contributed by atoms with Gasteiger partial charge in [0.05, 0.1) is 20.8 Å². The van der Waals surface area contributed by atoms with Crippen LogP contribution in [0.5, 0.6) is 11.5 Å². The first-order chi connectivity index (χ1) is 16.4. The van der Waals surface area contributed by atoms with Crippen molar-refractivity contribution < 1.29 is 29.0 Å². The van der Waals surface area contributed by atoms with Gasteiger partial charge in [0, 0.05) is 37.2 Å². The molecule has 0 atom stereocenters. The van der Waals surface area contributed by atoms with Crippen molar-refractivity contribution in [2.45, 2.75) is 25.4 Å². The van der Waals surface area contributed by atoms with E-state index in [9.17, 15) is 15.1 Å². The third kappa shape index (κ3) is 4.71. The number of hydrogen-bond donors (Lipinski definition) is 2. The SMILES string of the molecule is COc1ccc(-c2oc(C3CCN(C(=O)N(C)O)CC3)nc2-c2ccc(CO)cc2)cc1OC. The number of aliphatic hydroxyl groups is 1. The summed E-state index contributed by atoms with van der Waals surface area (Å²) in [6.07, 6.45) is 1.35. The quantitative estimate of drug-likeness (QED) is 0.414. The summed E-state index contributed by atoms with van der Waals surface area (Å²) in [5.74, 6) is 2.46. The number of nitrogens with zero attached hydrogens (tertiary/aromatic N) is 3. The maximum atomic E-state index is 12.1. The molecule has 1 fully saturated rings. The molecule has 2 amide bonds. The van der Waals surface area contributed by atoms with E-state index in [0.717, 1.165) is 16.7 Å². The van der Waals surface area contributed by atoms with Crippen LogP contribution in [0.1, 0.15) is 30.2 Å². The fourth-order valence-corrected chi connectivity index (χ4v) is 4.17. The van der Waals surface area contributed by atoms with Gasteiger partial charge in [-0.05, 0) is 36.6 Å². The van der Waals surface area contributed by atoms with Gasteiger partial charge in [-0.1, -0.05) is 24.3 Å². The first-order valence-corrected chi connectivity index (χ1v) is 11.1. The zero-order valence-corrected chi connectivity index (χ0v) is 19.5. The van der Waals surface area contributed by atoms with Gasteiger partial charge in [0.15, 0.2) is 23.1 Å². The average molecular weight is 468 g/mol. The molecule has 2 N–H and O–H groups in total. The minimum absolute atomic E-state index is 0.0345. The minimum Gasteiger partial charge on any atom is -0.493 e. The maximum Gasteiger partial charge on any atom is 0.343 e. The number of hydrogen-bond acceptors (Lipinski definition) is 7. The number of piperidine rings is 1. The fourth-order valence-electron chi connectivity index (χ4n) is 4.17. The smallest absolute Gasteiger partial charge is 0.343 e.